The van der Waals surface area contributed by atoms with Crippen LogP contribution in [0.4, 0.5) is 4.79 Å². The molecule has 0 bridgehead atoms. The number of amides is 1. The number of hydrogen-bond donors (Lipinski definition) is 2. The molecule has 8 nitrogen and oxygen atoms in total. The van der Waals surface area contributed by atoms with Gasteiger partial charge in [-0.25, -0.2) is 9.59 Å². The molecule has 1 unspecified atom stereocenters. The van der Waals surface area contributed by atoms with E-state index in [9.17, 15) is 14.2 Å². The highest BCUT2D eigenvalue weighted by Gasteiger charge is 2.29. The molecule has 1 amide bonds. The number of ether oxygens (including phenoxy) is 2. The fourth-order valence-electron chi connectivity index (χ4n) is 2.39. The van der Waals surface area contributed by atoms with Crippen LogP contribution in [0.3, 0.4) is 0 Å². The minimum atomic E-state index is -3.69. The lowest BCUT2D eigenvalue weighted by Gasteiger charge is -2.21. The maximum atomic E-state index is 13.4. The van der Waals surface area contributed by atoms with Crippen molar-refractivity contribution < 1.29 is 28.2 Å². The molecular formula is C22H25N2O6P. The van der Waals surface area contributed by atoms with Gasteiger partial charge in [-0.1, -0.05) is 60.8 Å². The lowest BCUT2D eigenvalue weighted by Crippen LogP contribution is -2.30. The first-order valence-electron chi connectivity index (χ1n) is 9.59. The number of benzene rings is 2. The van der Waals surface area contributed by atoms with Gasteiger partial charge < -0.3 is 19.3 Å². The average molecular weight is 444 g/mol. The SMILES string of the molecule is C=C=C(NP(=O)(CCNC(=O)OCc1ccccc1)Oc1ccccc1)C(=O)OCC. The molecule has 2 rings (SSSR count). The Labute approximate surface area is 181 Å². The summed E-state index contributed by atoms with van der Waals surface area (Å²) in [7, 11) is -3.69. The van der Waals surface area contributed by atoms with Crippen LogP contribution in [0.15, 0.2) is 78.7 Å². The molecule has 0 aromatic heterocycles. The standard InChI is InChI=1S/C22H25N2O6P/c1-3-20(21(25)28-4-2)24-31(27,30-19-13-9-6-10-14-19)16-15-23-22(26)29-17-18-11-7-5-8-12-18/h5-14H,1,4,15-17H2,2H3,(H,23,26)(H,24,27). The van der Waals surface area contributed by atoms with Gasteiger partial charge in [0.15, 0.2) is 5.70 Å². The first-order valence-corrected chi connectivity index (χ1v) is 11.4. The van der Waals surface area contributed by atoms with Crippen LogP contribution in [0.25, 0.3) is 0 Å². The lowest BCUT2D eigenvalue weighted by molar-refractivity contribution is -0.138. The van der Waals surface area contributed by atoms with Crippen molar-refractivity contribution in [2.24, 2.45) is 0 Å². The van der Waals surface area contributed by atoms with Gasteiger partial charge in [-0.15, -0.1) is 0 Å². The first-order chi connectivity index (χ1) is 15.0. The predicted octanol–water partition coefficient (Wildman–Crippen LogP) is 4.01. The van der Waals surface area contributed by atoms with Gasteiger partial charge in [0.1, 0.15) is 12.4 Å². The molecular weight excluding hydrogens is 419 g/mol. The second kappa shape index (κ2) is 12.3. The maximum absolute atomic E-state index is 13.4. The van der Waals surface area contributed by atoms with E-state index in [1.807, 2.05) is 30.3 Å². The van der Waals surface area contributed by atoms with E-state index < -0.39 is 19.6 Å². The molecule has 1 atom stereocenters. The van der Waals surface area contributed by atoms with E-state index in [-0.39, 0.29) is 31.6 Å². The minimum Gasteiger partial charge on any atom is -0.461 e. The molecule has 9 heteroatoms. The Morgan fingerprint density at radius 3 is 2.29 bits per heavy atom. The number of hydrogen-bond acceptors (Lipinski definition) is 6. The molecule has 2 aromatic carbocycles. The van der Waals surface area contributed by atoms with E-state index in [0.29, 0.717) is 5.75 Å². The summed E-state index contributed by atoms with van der Waals surface area (Å²) in [5, 5.41) is 5.08. The van der Waals surface area contributed by atoms with Crippen LogP contribution in [0, 0.1) is 0 Å². The number of carbonyl (C=O) groups is 2. The Bertz CT molecular complexity index is 958. The van der Waals surface area contributed by atoms with Crippen LogP contribution in [-0.2, 0) is 25.4 Å². The van der Waals surface area contributed by atoms with Crippen LogP contribution in [0.5, 0.6) is 5.75 Å². The van der Waals surface area contributed by atoms with Gasteiger partial charge >= 0.3 is 19.6 Å². The Morgan fingerprint density at radius 1 is 1.03 bits per heavy atom. The molecule has 0 aliphatic carbocycles. The molecule has 0 heterocycles. The van der Waals surface area contributed by atoms with Gasteiger partial charge in [0, 0.05) is 6.54 Å². The highest BCUT2D eigenvalue weighted by molar-refractivity contribution is 7.57. The van der Waals surface area contributed by atoms with Gasteiger partial charge in [-0.3, -0.25) is 9.65 Å². The molecule has 0 spiro atoms. The van der Waals surface area contributed by atoms with E-state index in [0.717, 1.165) is 5.56 Å². The molecule has 0 aliphatic rings. The van der Waals surface area contributed by atoms with Gasteiger partial charge in [0.05, 0.1) is 12.8 Å². The summed E-state index contributed by atoms with van der Waals surface area (Å²) in [6.07, 6.45) is -0.799. The highest BCUT2D eigenvalue weighted by atomic mass is 31.2. The van der Waals surface area contributed by atoms with Crippen LogP contribution < -0.4 is 14.9 Å². The van der Waals surface area contributed by atoms with Crippen LogP contribution in [-0.4, -0.2) is 31.4 Å². The zero-order chi connectivity index (χ0) is 22.5. The Balaban J connectivity index is 1.99. The van der Waals surface area contributed by atoms with Crippen molar-refractivity contribution in [3.8, 4) is 5.75 Å². The maximum Gasteiger partial charge on any atom is 0.407 e. The van der Waals surface area contributed by atoms with Crippen molar-refractivity contribution in [1.82, 2.24) is 10.4 Å². The summed E-state index contributed by atoms with van der Waals surface area (Å²) in [6.45, 7) is 5.27. The zero-order valence-corrected chi connectivity index (χ0v) is 18.1. The number of para-hydroxylation sites is 1. The quantitative estimate of drug-likeness (QED) is 0.234. The van der Waals surface area contributed by atoms with Gasteiger partial charge in [0.25, 0.3) is 0 Å². The monoisotopic (exact) mass is 444 g/mol. The Hall–Kier alpha value is -3.47. The Kier molecular flexibility index (Phi) is 9.43. The normalized spacial score (nSPS) is 11.9. The fourth-order valence-corrected chi connectivity index (χ4v) is 4.01. The minimum absolute atomic E-state index is 0.0298. The van der Waals surface area contributed by atoms with Crippen molar-refractivity contribution in [3.05, 3.63) is 84.2 Å². The summed E-state index contributed by atoms with van der Waals surface area (Å²) in [4.78, 5) is 24.0. The molecule has 0 saturated heterocycles. The van der Waals surface area contributed by atoms with Gasteiger partial charge in [0.2, 0.25) is 0 Å². The van der Waals surface area contributed by atoms with Crippen molar-refractivity contribution in [2.45, 2.75) is 13.5 Å². The smallest absolute Gasteiger partial charge is 0.407 e. The molecule has 0 radical (unpaired) electrons. The van der Waals surface area contributed by atoms with Crippen molar-refractivity contribution >= 4 is 19.6 Å². The summed E-state index contributed by atoms with van der Waals surface area (Å²) >= 11 is 0. The largest absolute Gasteiger partial charge is 0.461 e. The Morgan fingerprint density at radius 2 is 1.68 bits per heavy atom. The summed E-state index contributed by atoms with van der Waals surface area (Å²) < 4.78 is 29.1. The third-order valence-electron chi connectivity index (χ3n) is 3.82. The number of esters is 1. The molecule has 0 saturated carbocycles. The second-order valence-corrected chi connectivity index (χ2v) is 8.37. The summed E-state index contributed by atoms with van der Waals surface area (Å²) in [5.74, 6) is -0.429. The number of carbonyl (C=O) groups excluding carboxylic acids is 2. The van der Waals surface area contributed by atoms with Crippen LogP contribution in [0.2, 0.25) is 0 Å². The third-order valence-corrected chi connectivity index (χ3v) is 5.71. The van der Waals surface area contributed by atoms with Gasteiger partial charge in [-0.05, 0) is 24.6 Å². The fraction of sp³-hybridized carbons (Fsp3) is 0.227. The average Bonchev–Trinajstić information content (AvgIpc) is 2.77. The van der Waals surface area contributed by atoms with E-state index >= 15 is 0 Å². The van der Waals surface area contributed by atoms with Crippen molar-refractivity contribution in [1.29, 1.82) is 0 Å². The number of nitrogens with one attached hydrogen (secondary N) is 2. The highest BCUT2D eigenvalue weighted by Crippen LogP contribution is 2.43. The molecule has 2 aromatic rings. The topological polar surface area (TPSA) is 103 Å². The van der Waals surface area contributed by atoms with E-state index in [4.69, 9.17) is 14.0 Å². The lowest BCUT2D eigenvalue weighted by atomic mass is 10.2. The third kappa shape index (κ3) is 8.42. The van der Waals surface area contributed by atoms with Crippen LogP contribution >= 0.6 is 7.52 Å². The van der Waals surface area contributed by atoms with Crippen molar-refractivity contribution in [2.75, 3.05) is 19.3 Å². The molecule has 2 N–H and O–H groups in total. The zero-order valence-electron chi connectivity index (χ0n) is 17.2. The molecule has 164 valence electrons. The van der Waals surface area contributed by atoms with E-state index in [1.165, 1.54) is 0 Å². The van der Waals surface area contributed by atoms with E-state index in [1.54, 1.807) is 37.3 Å². The van der Waals surface area contributed by atoms with Gasteiger partial charge in [-0.2, -0.15) is 0 Å². The number of rotatable bonds is 11. The molecule has 31 heavy (non-hydrogen) atoms. The molecule has 0 aliphatic heterocycles. The summed E-state index contributed by atoms with van der Waals surface area (Å²) in [5.41, 5.74) is 3.01. The number of alkyl carbamates (subject to hydrolysis) is 1. The van der Waals surface area contributed by atoms with Crippen LogP contribution in [0.1, 0.15) is 12.5 Å². The molecule has 0 fully saturated rings. The summed E-state index contributed by atoms with van der Waals surface area (Å²) in [6, 6.07) is 17.7. The predicted molar refractivity (Wildman–Crippen MR) is 117 cm³/mol. The second-order valence-electron chi connectivity index (χ2n) is 6.17. The first kappa shape index (κ1) is 23.8. The van der Waals surface area contributed by atoms with E-state index in [2.05, 4.69) is 22.7 Å². The van der Waals surface area contributed by atoms with Crippen molar-refractivity contribution in [3.63, 3.8) is 0 Å².